The largest absolute Gasteiger partial charge is 0.497 e. The lowest BCUT2D eigenvalue weighted by Gasteiger charge is -2.33. The van der Waals surface area contributed by atoms with Crippen LogP contribution in [0.3, 0.4) is 0 Å². The smallest absolute Gasteiger partial charge is 0.330 e. The van der Waals surface area contributed by atoms with E-state index >= 15 is 0 Å². The van der Waals surface area contributed by atoms with Gasteiger partial charge < -0.3 is 20.3 Å². The second-order valence-electron chi connectivity index (χ2n) is 9.48. The fourth-order valence-electron chi connectivity index (χ4n) is 4.64. The Balaban J connectivity index is 1.69. The summed E-state index contributed by atoms with van der Waals surface area (Å²) in [6.07, 6.45) is 1.81. The second kappa shape index (κ2) is 10.7. The van der Waals surface area contributed by atoms with Crippen molar-refractivity contribution < 1.29 is 9.53 Å². The number of ether oxygens (including phenoxy) is 1. The third-order valence-corrected chi connectivity index (χ3v) is 6.34. The van der Waals surface area contributed by atoms with Gasteiger partial charge in [0.2, 0.25) is 5.91 Å². The highest BCUT2D eigenvalue weighted by Gasteiger charge is 2.28. The van der Waals surface area contributed by atoms with Crippen molar-refractivity contribution in [3.05, 3.63) is 80.5 Å². The summed E-state index contributed by atoms with van der Waals surface area (Å²) in [5.41, 5.74) is 8.10. The zero-order valence-electron chi connectivity index (χ0n) is 21.0. The van der Waals surface area contributed by atoms with Crippen LogP contribution < -0.4 is 31.5 Å². The van der Waals surface area contributed by atoms with E-state index in [4.69, 9.17) is 10.5 Å². The molecule has 0 saturated heterocycles. The first-order chi connectivity index (χ1) is 17.3. The summed E-state index contributed by atoms with van der Waals surface area (Å²) in [6, 6.07) is 15.2. The molecule has 0 saturated carbocycles. The first-order valence-corrected chi connectivity index (χ1v) is 12.2. The van der Waals surface area contributed by atoms with Crippen molar-refractivity contribution in [1.82, 2.24) is 9.55 Å². The van der Waals surface area contributed by atoms with Gasteiger partial charge in [-0.15, -0.1) is 0 Å². The topological polar surface area (TPSA) is 114 Å². The van der Waals surface area contributed by atoms with E-state index in [1.807, 2.05) is 67.3 Å². The molecule has 1 aromatic heterocycles. The Morgan fingerprint density at radius 3 is 2.61 bits per heavy atom. The molecule has 3 aromatic rings. The predicted octanol–water partition coefficient (Wildman–Crippen LogP) is 2.62. The molecule has 0 atom stereocenters. The number of nitrogens with one attached hydrogen (secondary N) is 1. The number of H-pyrrole nitrogens is 1. The van der Waals surface area contributed by atoms with Crippen molar-refractivity contribution in [3.8, 4) is 5.75 Å². The van der Waals surface area contributed by atoms with Crippen molar-refractivity contribution in [3.63, 3.8) is 0 Å². The monoisotopic (exact) mass is 491 g/mol. The first-order valence-electron chi connectivity index (χ1n) is 12.2. The molecule has 0 aliphatic carbocycles. The van der Waals surface area contributed by atoms with Crippen LogP contribution in [-0.2, 0) is 17.8 Å². The lowest BCUT2D eigenvalue weighted by atomic mass is 10.0. The Hall–Kier alpha value is -4.01. The number of benzene rings is 2. The van der Waals surface area contributed by atoms with Crippen molar-refractivity contribution in [2.24, 2.45) is 5.92 Å². The van der Waals surface area contributed by atoms with Gasteiger partial charge in [-0.05, 0) is 48.1 Å². The van der Waals surface area contributed by atoms with Crippen molar-refractivity contribution >= 4 is 23.1 Å². The molecule has 190 valence electrons. The van der Waals surface area contributed by atoms with Gasteiger partial charge in [-0.3, -0.25) is 19.1 Å². The highest BCUT2D eigenvalue weighted by molar-refractivity contribution is 5.98. The lowest BCUT2D eigenvalue weighted by Crippen LogP contribution is -2.47. The molecule has 1 aliphatic heterocycles. The van der Waals surface area contributed by atoms with Crippen molar-refractivity contribution in [2.75, 3.05) is 42.3 Å². The molecule has 1 amide bonds. The number of nitrogens with zero attached hydrogens (tertiary/aromatic N) is 3. The third-order valence-electron chi connectivity index (χ3n) is 6.34. The number of nitrogens with two attached hydrogens (primary N) is 1. The summed E-state index contributed by atoms with van der Waals surface area (Å²) < 4.78 is 6.65. The van der Waals surface area contributed by atoms with Gasteiger partial charge >= 0.3 is 5.69 Å². The minimum Gasteiger partial charge on any atom is -0.497 e. The van der Waals surface area contributed by atoms with E-state index in [1.165, 1.54) is 9.47 Å². The minimum absolute atomic E-state index is 0.0104. The maximum atomic E-state index is 13.7. The number of carbonyl (C=O) groups excluding carboxylic acids is 1. The number of fused-ring (bicyclic) bond motifs is 1. The van der Waals surface area contributed by atoms with E-state index in [1.54, 1.807) is 7.11 Å². The molecule has 9 heteroatoms. The number of aromatic amines is 1. The molecule has 0 unspecified atom stereocenters. The van der Waals surface area contributed by atoms with Crippen LogP contribution in [0.15, 0.2) is 58.1 Å². The number of nitrogen functional groups attached to an aromatic ring is 1. The second-order valence-corrected chi connectivity index (χ2v) is 9.48. The summed E-state index contributed by atoms with van der Waals surface area (Å²) >= 11 is 0. The van der Waals surface area contributed by atoms with Crippen LogP contribution in [0.25, 0.3) is 0 Å². The van der Waals surface area contributed by atoms with Gasteiger partial charge in [0.1, 0.15) is 11.6 Å². The molecule has 0 radical (unpaired) electrons. The van der Waals surface area contributed by atoms with E-state index in [9.17, 15) is 14.4 Å². The molecule has 4 rings (SSSR count). The summed E-state index contributed by atoms with van der Waals surface area (Å²) in [5, 5.41) is 0. The summed E-state index contributed by atoms with van der Waals surface area (Å²) in [6.45, 7) is 5.21. The van der Waals surface area contributed by atoms with Gasteiger partial charge in [-0.25, -0.2) is 4.79 Å². The molecule has 0 spiro atoms. The number of amides is 1. The van der Waals surface area contributed by atoms with Gasteiger partial charge in [0, 0.05) is 18.8 Å². The molecular formula is C27H33N5O4. The number of hydrogen-bond acceptors (Lipinski definition) is 6. The van der Waals surface area contributed by atoms with Crippen LogP contribution in [0.2, 0.25) is 0 Å². The molecule has 1 aliphatic rings. The van der Waals surface area contributed by atoms with Crippen molar-refractivity contribution in [2.45, 2.75) is 33.2 Å². The van der Waals surface area contributed by atoms with Gasteiger partial charge in [-0.2, -0.15) is 0 Å². The molecule has 2 heterocycles. The maximum absolute atomic E-state index is 13.7. The normalized spacial score (nSPS) is 12.9. The summed E-state index contributed by atoms with van der Waals surface area (Å²) in [4.78, 5) is 45.1. The number of hydrogen-bond donors (Lipinski definition) is 2. The Morgan fingerprint density at radius 2 is 1.92 bits per heavy atom. The Labute approximate surface area is 210 Å². The predicted molar refractivity (Wildman–Crippen MR) is 142 cm³/mol. The zero-order chi connectivity index (χ0) is 25.8. The standard InChI is InChI=1S/C27H33N5O4/c1-18(2)15-31(23(33)17-30-13-7-10-20-14-21(36-3)11-12-22(20)30)24-25(28)32(27(35)29-26(24)34)16-19-8-5-4-6-9-19/h4-6,8-9,11-12,14,18H,7,10,13,15-17,28H2,1-3H3,(H,29,34,35). The van der Waals surface area contributed by atoms with E-state index in [0.717, 1.165) is 42.0 Å². The number of rotatable bonds is 8. The molecular weight excluding hydrogens is 458 g/mol. The summed E-state index contributed by atoms with van der Waals surface area (Å²) in [5.74, 6) is 0.573. The van der Waals surface area contributed by atoms with Crippen LogP contribution in [0, 0.1) is 5.92 Å². The van der Waals surface area contributed by atoms with Crippen LogP contribution in [-0.4, -0.2) is 42.2 Å². The van der Waals surface area contributed by atoms with Gasteiger partial charge in [0.05, 0.1) is 20.2 Å². The maximum Gasteiger partial charge on any atom is 0.330 e. The minimum atomic E-state index is -0.667. The zero-order valence-corrected chi connectivity index (χ0v) is 21.0. The molecule has 36 heavy (non-hydrogen) atoms. The van der Waals surface area contributed by atoms with Gasteiger partial charge in [0.15, 0.2) is 5.69 Å². The van der Waals surface area contributed by atoms with Crippen LogP contribution in [0.1, 0.15) is 31.4 Å². The van der Waals surface area contributed by atoms with E-state index < -0.39 is 11.2 Å². The highest BCUT2D eigenvalue weighted by Crippen LogP contribution is 2.31. The Morgan fingerprint density at radius 1 is 1.17 bits per heavy atom. The number of aryl methyl sites for hydroxylation is 1. The fraction of sp³-hybridized carbons (Fsp3) is 0.370. The number of methoxy groups -OCH3 is 1. The Bertz CT molecular complexity index is 1350. The van der Waals surface area contributed by atoms with E-state index in [2.05, 4.69) is 4.98 Å². The number of anilines is 3. The van der Waals surface area contributed by atoms with Gasteiger partial charge in [0.25, 0.3) is 5.56 Å². The fourth-order valence-corrected chi connectivity index (χ4v) is 4.64. The molecule has 3 N–H and O–H groups in total. The van der Waals surface area contributed by atoms with Crippen molar-refractivity contribution in [1.29, 1.82) is 0 Å². The lowest BCUT2D eigenvalue weighted by molar-refractivity contribution is -0.117. The summed E-state index contributed by atoms with van der Waals surface area (Å²) in [7, 11) is 1.63. The third kappa shape index (κ3) is 5.30. The van der Waals surface area contributed by atoms with Crippen LogP contribution in [0.5, 0.6) is 5.75 Å². The van der Waals surface area contributed by atoms with Crippen LogP contribution >= 0.6 is 0 Å². The molecule has 2 aromatic carbocycles. The molecule has 9 nitrogen and oxygen atoms in total. The van der Waals surface area contributed by atoms with Crippen LogP contribution in [0.4, 0.5) is 17.2 Å². The average Bonchev–Trinajstić information content (AvgIpc) is 2.86. The average molecular weight is 492 g/mol. The molecule has 0 fully saturated rings. The van der Waals surface area contributed by atoms with E-state index in [0.29, 0.717) is 6.54 Å². The number of carbonyl (C=O) groups is 1. The molecule has 0 bridgehead atoms. The Kier molecular flexibility index (Phi) is 7.47. The number of aromatic nitrogens is 2. The quantitative estimate of drug-likeness (QED) is 0.501. The highest BCUT2D eigenvalue weighted by atomic mass is 16.5. The first kappa shape index (κ1) is 25.1. The van der Waals surface area contributed by atoms with E-state index in [-0.39, 0.29) is 36.4 Å². The van der Waals surface area contributed by atoms with Gasteiger partial charge in [-0.1, -0.05) is 44.2 Å². The SMILES string of the molecule is COc1ccc2c(c1)CCCN2CC(=O)N(CC(C)C)c1c(N)n(Cc2ccccc2)c(=O)[nH]c1=O.